The molecule has 19 atom stereocenters. The Bertz CT molecular complexity index is 1490. The minimum atomic E-state index is -2.41. The molecule has 9 N–H and O–H groups in total. The molecule has 23 nitrogen and oxygen atoms in total. The Labute approximate surface area is 409 Å². The van der Waals surface area contributed by atoms with E-state index in [1.165, 1.54) is 7.11 Å². The fourth-order valence-electron chi connectivity index (χ4n) is 6.71. The molecule has 0 bridgehead atoms. The fraction of sp³-hybridized carbons (Fsp3) is 0.706. The van der Waals surface area contributed by atoms with Gasteiger partial charge in [-0.2, -0.15) is 0 Å². The van der Waals surface area contributed by atoms with Gasteiger partial charge >= 0.3 is 88.7 Å². The van der Waals surface area contributed by atoms with Crippen molar-refractivity contribution in [1.82, 2.24) is 5.32 Å². The van der Waals surface area contributed by atoms with Crippen LogP contribution in [0.1, 0.15) is 5.56 Å². The Hall–Kier alpha value is -0.0500. The third-order valence-electron chi connectivity index (χ3n) is 9.91. The molecule has 5 rings (SSSR count). The van der Waals surface area contributed by atoms with Crippen LogP contribution >= 0.6 is 0 Å². The van der Waals surface area contributed by atoms with Crippen molar-refractivity contribution in [3.63, 3.8) is 0 Å². The second-order valence-electron chi connectivity index (χ2n) is 13.6. The predicted molar refractivity (Wildman–Crippen MR) is 173 cm³/mol. The molecule has 322 valence electrons. The summed E-state index contributed by atoms with van der Waals surface area (Å²) in [5.74, 6) is -6.03. The Kier molecular flexibility index (Phi) is 23.9. The molecule has 0 spiro atoms. The molecule has 0 radical (unpaired) electrons. The second kappa shape index (κ2) is 25.6. The number of carboxylic acids is 2. The van der Waals surface area contributed by atoms with Crippen molar-refractivity contribution in [2.75, 3.05) is 27.4 Å². The van der Waals surface area contributed by atoms with Gasteiger partial charge < -0.3 is 109 Å². The van der Waals surface area contributed by atoms with Crippen LogP contribution in [0, 0.1) is 12.5 Å². The number of hydrogen-bond acceptors (Lipinski definition) is 22. The minimum Gasteiger partial charge on any atom is -0.547 e. The normalized spacial score (nSPS) is 40.5. The van der Waals surface area contributed by atoms with Crippen LogP contribution in [0.3, 0.4) is 0 Å². The average Bonchev–Trinajstić information content (AvgIpc) is 3.19. The van der Waals surface area contributed by atoms with Gasteiger partial charge in [0.2, 0.25) is 0 Å². The topological polar surface area (TPSA) is 354 Å². The summed E-state index contributed by atoms with van der Waals surface area (Å²) in [6, 6.07) is 9.08. The fourth-order valence-corrected chi connectivity index (χ4v) is 6.71. The number of nitrogens with one attached hydrogen (secondary N) is 1. The van der Waals surface area contributed by atoms with Crippen LogP contribution in [-0.2, 0) is 63.4 Å². The molecule has 4 fully saturated rings. The molecular weight excluding hydrogens is 843 g/mol. The summed E-state index contributed by atoms with van der Waals surface area (Å²) in [6.07, 6.45) is -35.2. The maximum absolute atomic E-state index is 13.1. The van der Waals surface area contributed by atoms with Gasteiger partial charge in [0.1, 0.15) is 73.2 Å². The van der Waals surface area contributed by atoms with Crippen LogP contribution in [0.2, 0.25) is 0 Å². The van der Waals surface area contributed by atoms with E-state index in [9.17, 15) is 65.4 Å². The molecule has 1 amide bonds. The van der Waals surface area contributed by atoms with Gasteiger partial charge in [-0.3, -0.25) is 4.79 Å². The number of aliphatic hydroxyl groups is 8. The van der Waals surface area contributed by atoms with Crippen LogP contribution in [0.5, 0.6) is 0 Å². The molecule has 1 aromatic carbocycles. The van der Waals surface area contributed by atoms with E-state index >= 15 is 0 Å². The molecule has 60 heavy (non-hydrogen) atoms. The number of rotatable bonds is 15. The molecule has 4 aliphatic heterocycles. The maximum Gasteiger partial charge on any atom is 1.00 e. The zero-order valence-electron chi connectivity index (χ0n) is 33.3. The van der Waals surface area contributed by atoms with E-state index in [4.69, 9.17) is 42.6 Å². The molecule has 4 aliphatic rings. The Balaban J connectivity index is 0.00000413. The van der Waals surface area contributed by atoms with Crippen molar-refractivity contribution < 1.29 is 197 Å². The van der Waals surface area contributed by atoms with Crippen molar-refractivity contribution >= 4 is 17.8 Å². The molecule has 26 heteroatoms. The van der Waals surface area contributed by atoms with Crippen molar-refractivity contribution in [3.05, 3.63) is 42.5 Å². The monoisotopic (exact) mass is 889 g/mol. The van der Waals surface area contributed by atoms with Gasteiger partial charge in [-0.25, -0.2) is 6.61 Å². The van der Waals surface area contributed by atoms with Crippen LogP contribution < -0.4 is 104 Å². The van der Waals surface area contributed by atoms with E-state index in [1.54, 1.807) is 12.1 Å². The van der Waals surface area contributed by atoms with E-state index in [1.807, 2.05) is 18.2 Å². The Morgan fingerprint density at radius 1 is 0.633 bits per heavy atom. The van der Waals surface area contributed by atoms with Crippen LogP contribution in [-0.4, -0.2) is 197 Å². The summed E-state index contributed by atoms with van der Waals surface area (Å²) in [4.78, 5) is 37.5. The molecule has 0 aliphatic carbocycles. The van der Waals surface area contributed by atoms with Gasteiger partial charge in [0.05, 0.1) is 18.0 Å². The average molecular weight is 890 g/mol. The van der Waals surface area contributed by atoms with E-state index in [0.717, 1.165) is 19.3 Å². The van der Waals surface area contributed by atoms with E-state index in [-0.39, 0.29) is 95.2 Å². The van der Waals surface area contributed by atoms with Crippen LogP contribution in [0.15, 0.2) is 30.3 Å². The van der Waals surface area contributed by atoms with Gasteiger partial charge in [0.25, 0.3) is 5.91 Å². The smallest absolute Gasteiger partial charge is 0.547 e. The Morgan fingerprint density at radius 2 is 1.10 bits per heavy atom. The summed E-state index contributed by atoms with van der Waals surface area (Å²) in [7, 11) is 2.34. The van der Waals surface area contributed by atoms with Gasteiger partial charge in [0, 0.05) is 27.4 Å². The van der Waals surface area contributed by atoms with Gasteiger partial charge in [-0.15, -0.1) is 0 Å². The maximum atomic E-state index is 13.1. The summed E-state index contributed by atoms with van der Waals surface area (Å²) in [5, 5.41) is 113. The number of amides is 1. The quantitative estimate of drug-likeness (QED) is 0.0583. The van der Waals surface area contributed by atoms with Crippen LogP contribution in [0.25, 0.3) is 0 Å². The number of methoxy groups -OCH3 is 2. The Morgan fingerprint density at radius 3 is 1.60 bits per heavy atom. The number of hydrogen-bond donors (Lipinski definition) is 9. The SMILES string of the molecule is CO[C@@H]1O[CH-][C@@H](CO[C@@H]2O[C@@H](C(=O)[O-])[C@@H](O[C@@H]3OC(C(=O)[O-])[C@@H](O[C@@H]4O[C@@H](C(=O)NCCc5ccccc5)[C@@H](OC)C(O)C4O)[C@H](O)C3O)C(O)C2O)[C@@H](O)C1O.[Na+].[Na+].[Na+]. The van der Waals surface area contributed by atoms with Gasteiger partial charge in [-0.05, 0) is 12.0 Å². The number of carbonyl (C=O) groups excluding carboxylic acids is 3. The summed E-state index contributed by atoms with van der Waals surface area (Å²) >= 11 is 0. The van der Waals surface area contributed by atoms with Gasteiger partial charge in [-0.1, -0.05) is 36.2 Å². The molecule has 1 aromatic rings. The van der Waals surface area contributed by atoms with Crippen molar-refractivity contribution in [2.24, 2.45) is 5.92 Å². The summed E-state index contributed by atoms with van der Waals surface area (Å²) in [5.41, 5.74) is 0.892. The third-order valence-corrected chi connectivity index (χ3v) is 9.91. The van der Waals surface area contributed by atoms with Gasteiger partial charge in [0.15, 0.2) is 31.3 Å². The number of carbonyl (C=O) groups is 3. The molecular formula is C34H46NNa3O22. The van der Waals surface area contributed by atoms with Crippen LogP contribution in [0.4, 0.5) is 0 Å². The number of aliphatic hydroxyl groups excluding tert-OH is 8. The molecule has 0 saturated carbocycles. The zero-order valence-corrected chi connectivity index (χ0v) is 39.3. The first-order chi connectivity index (χ1) is 27.1. The minimum absolute atomic E-state index is 0. The molecule has 0 aromatic heterocycles. The van der Waals surface area contributed by atoms with E-state index in [0.29, 0.717) is 6.42 Å². The molecule has 4 heterocycles. The second-order valence-corrected chi connectivity index (χ2v) is 13.6. The zero-order chi connectivity index (χ0) is 41.7. The predicted octanol–water partition coefficient (Wildman–Crippen LogP) is -17.5. The van der Waals surface area contributed by atoms with E-state index < -0.39 is 141 Å². The first-order valence-corrected chi connectivity index (χ1v) is 17.7. The number of ether oxygens (including phenoxy) is 9. The first-order valence-electron chi connectivity index (χ1n) is 17.7. The van der Waals surface area contributed by atoms with Crippen molar-refractivity contribution in [3.8, 4) is 0 Å². The third kappa shape index (κ3) is 13.1. The number of aliphatic carboxylic acids is 2. The first kappa shape index (κ1) is 56.1. The van der Waals surface area contributed by atoms with Crippen molar-refractivity contribution in [1.29, 1.82) is 0 Å². The van der Waals surface area contributed by atoms with E-state index in [2.05, 4.69) is 5.32 Å². The molecule has 7 unspecified atom stereocenters. The largest absolute Gasteiger partial charge is 1.00 e. The summed E-state index contributed by atoms with van der Waals surface area (Å²) in [6.45, 7) is 0.630. The van der Waals surface area contributed by atoms with Crippen molar-refractivity contribution in [2.45, 2.75) is 117 Å². The summed E-state index contributed by atoms with van der Waals surface area (Å²) < 4.78 is 47.6. The number of carboxylic acid groups (broad SMARTS) is 2. The molecule has 4 saturated heterocycles. The number of benzene rings is 1. The standard InChI is InChI=1S/C34H48NO22.3Na/c1-49-22-15(37)20(42)33(55-25(22)28(44)35-9-8-12-6-4-3-5-7-12)53-24-17(39)21(43)34(57-27(24)30(47)48)54-23-16(38)19(41)32(56-26(23)29(45)46)52-11-13-10-51-31(50-2)18(40)14(13)36;;;/h3-7,10,13-27,31-34,36-43H,8-9,11H2,1-2H3,(H,35,44)(H,45,46)(H,47,48);;;/q-1;3*+1/p-2/t13-,14+,15?,16?,17+,18?,19?,20?,21?,22-,23-,24-,25+,26+,27?,31+,32+,33+,34+;;;/m0.../s1.